The quantitative estimate of drug-likeness (QED) is 0.0776. The molecule has 0 unspecified atom stereocenters. The molecular weight excluding hydrogens is 555 g/mol. The van der Waals surface area contributed by atoms with Crippen LogP contribution in [0, 0.1) is 6.92 Å². The molecule has 4 aromatic rings. The molecule has 0 aromatic heterocycles. The molecule has 224 valence electrons. The number of hydrogen-bond donors (Lipinski definition) is 0. The Morgan fingerprint density at radius 1 is 0.524 bits per heavy atom. The predicted octanol–water partition coefficient (Wildman–Crippen LogP) is 8.80. The van der Waals surface area contributed by atoms with Gasteiger partial charge in [0.05, 0.1) is 11.1 Å². The summed E-state index contributed by atoms with van der Waals surface area (Å²) in [5, 5.41) is 4.55. The molecule has 0 saturated heterocycles. The van der Waals surface area contributed by atoms with Crippen molar-refractivity contribution in [1.82, 2.24) is 0 Å². The van der Waals surface area contributed by atoms with Gasteiger partial charge in [-0.3, -0.25) is 0 Å². The molecule has 5 heteroatoms. The lowest BCUT2D eigenvalue weighted by atomic mass is 10.1. The summed E-state index contributed by atoms with van der Waals surface area (Å²) in [7, 11) is -5.90. The summed E-state index contributed by atoms with van der Waals surface area (Å²) in [6.45, 7) is 4.12. The largest absolute Gasteiger partial charge is 0.744 e. The number of aryl methyl sites for hydroxylation is 1. The van der Waals surface area contributed by atoms with E-state index in [1.54, 1.807) is 12.1 Å². The maximum absolute atomic E-state index is 10.4. The van der Waals surface area contributed by atoms with Gasteiger partial charge < -0.3 is 4.55 Å². The molecule has 0 aliphatic heterocycles. The Balaban J connectivity index is 0.000000369. The van der Waals surface area contributed by atoms with Crippen LogP contribution in [0.5, 0.6) is 0 Å². The van der Waals surface area contributed by atoms with Crippen LogP contribution in [0.2, 0.25) is 0 Å². The summed E-state index contributed by atoms with van der Waals surface area (Å²) in [5.74, 6) is 0. The highest BCUT2D eigenvalue weighted by atomic mass is 32.2. The zero-order valence-corrected chi connectivity index (χ0v) is 27.0. The van der Waals surface area contributed by atoms with Crippen LogP contribution >= 0.6 is 7.26 Å². The average Bonchev–Trinajstić information content (AvgIpc) is 3.01. The van der Waals surface area contributed by atoms with Gasteiger partial charge >= 0.3 is 0 Å². The average molecular weight is 603 g/mol. The molecule has 0 spiro atoms. The van der Waals surface area contributed by atoms with Crippen molar-refractivity contribution < 1.29 is 13.0 Å². The zero-order valence-electron chi connectivity index (χ0n) is 25.3. The molecule has 0 heterocycles. The lowest BCUT2D eigenvalue weighted by molar-refractivity contribution is 0.463. The lowest BCUT2D eigenvalue weighted by Gasteiger charge is -2.27. The van der Waals surface area contributed by atoms with Crippen LogP contribution in [-0.2, 0) is 10.1 Å². The molecule has 4 aromatic carbocycles. The van der Waals surface area contributed by atoms with E-state index in [4.69, 9.17) is 0 Å². The van der Waals surface area contributed by atoms with E-state index in [0.717, 1.165) is 5.56 Å². The molecule has 0 N–H and O–H groups in total. The number of hydrogen-bond acceptors (Lipinski definition) is 3. The fraction of sp³-hybridized carbons (Fsp3) is 0.351. The molecule has 0 atom stereocenters. The fourth-order valence-electron chi connectivity index (χ4n) is 5.42. The highest BCUT2D eigenvalue weighted by Gasteiger charge is 2.44. The summed E-state index contributed by atoms with van der Waals surface area (Å²) < 4.78 is 31.2. The summed E-state index contributed by atoms with van der Waals surface area (Å²) >= 11 is 0. The fourth-order valence-corrected chi connectivity index (χ4v) is 10.3. The van der Waals surface area contributed by atoms with Gasteiger partial charge in [-0.2, -0.15) is 0 Å². The highest BCUT2D eigenvalue weighted by molar-refractivity contribution is 7.95. The monoisotopic (exact) mass is 602 g/mol. The van der Waals surface area contributed by atoms with Crippen LogP contribution in [0.15, 0.2) is 120 Å². The Morgan fingerprint density at radius 3 is 1.24 bits per heavy atom. The van der Waals surface area contributed by atoms with Crippen molar-refractivity contribution in [2.24, 2.45) is 0 Å². The zero-order chi connectivity index (χ0) is 30.1. The smallest absolute Gasteiger partial charge is 0.124 e. The van der Waals surface area contributed by atoms with Crippen LogP contribution in [0.3, 0.4) is 0 Å². The molecule has 0 saturated carbocycles. The second-order valence-electron chi connectivity index (χ2n) is 11.0. The van der Waals surface area contributed by atoms with Crippen molar-refractivity contribution in [1.29, 1.82) is 0 Å². The van der Waals surface area contributed by atoms with Gasteiger partial charge in [0.1, 0.15) is 33.3 Å². The molecule has 0 aliphatic rings. The van der Waals surface area contributed by atoms with Gasteiger partial charge in [0.2, 0.25) is 0 Å². The SMILES string of the molecule is CCCCCCCCCCCC[P+](c1ccccc1)(c1ccccc1)c1ccccc1.Cc1ccc(S(=O)(=O)[O-])cc1. The van der Waals surface area contributed by atoms with Crippen LogP contribution in [-0.4, -0.2) is 19.1 Å². The van der Waals surface area contributed by atoms with Gasteiger partial charge in [-0.1, -0.05) is 131 Å². The van der Waals surface area contributed by atoms with Crippen molar-refractivity contribution in [3.05, 3.63) is 121 Å². The second-order valence-corrected chi connectivity index (χ2v) is 16.0. The number of rotatable bonds is 15. The van der Waals surface area contributed by atoms with Crippen molar-refractivity contribution in [3.8, 4) is 0 Å². The third-order valence-corrected chi connectivity index (χ3v) is 13.1. The van der Waals surface area contributed by atoms with Crippen molar-refractivity contribution >= 4 is 33.3 Å². The first kappa shape index (κ1) is 33.7. The normalized spacial score (nSPS) is 11.5. The maximum atomic E-state index is 10.4. The third-order valence-electron chi connectivity index (χ3n) is 7.75. The van der Waals surface area contributed by atoms with Gasteiger partial charge in [-0.15, -0.1) is 0 Å². The molecule has 3 nitrogen and oxygen atoms in total. The Kier molecular flexibility index (Phi) is 14.5. The Hall–Kier alpha value is -2.78. The summed E-state index contributed by atoms with van der Waals surface area (Å²) in [4.78, 5) is -0.178. The van der Waals surface area contributed by atoms with Crippen molar-refractivity contribution in [2.45, 2.75) is 83.0 Å². The Morgan fingerprint density at radius 2 is 0.881 bits per heavy atom. The predicted molar refractivity (Wildman–Crippen MR) is 181 cm³/mol. The number of unbranched alkanes of at least 4 members (excludes halogenated alkanes) is 9. The van der Waals surface area contributed by atoms with Crippen LogP contribution in [0.25, 0.3) is 0 Å². The summed E-state index contributed by atoms with van der Waals surface area (Å²) in [6.07, 6.45) is 15.2. The molecule has 0 amide bonds. The van der Waals surface area contributed by atoms with Crippen molar-refractivity contribution in [2.75, 3.05) is 6.16 Å². The van der Waals surface area contributed by atoms with Gasteiger partial charge in [0, 0.05) is 0 Å². The summed E-state index contributed by atoms with van der Waals surface area (Å²) in [5.41, 5.74) is 0.928. The Labute approximate surface area is 255 Å². The van der Waals surface area contributed by atoms with E-state index < -0.39 is 17.4 Å². The molecule has 0 bridgehead atoms. The van der Waals surface area contributed by atoms with E-state index >= 15 is 0 Å². The van der Waals surface area contributed by atoms with Gasteiger partial charge in [-0.25, -0.2) is 8.42 Å². The molecule has 42 heavy (non-hydrogen) atoms. The minimum atomic E-state index is -4.27. The molecule has 4 rings (SSSR count). The highest BCUT2D eigenvalue weighted by Crippen LogP contribution is 2.56. The van der Waals surface area contributed by atoms with E-state index in [2.05, 4.69) is 97.9 Å². The van der Waals surface area contributed by atoms with Gasteiger partial charge in [0.25, 0.3) is 0 Å². The minimum absolute atomic E-state index is 0.178. The Bertz CT molecular complexity index is 1280. The maximum Gasteiger partial charge on any atom is 0.124 e. The summed E-state index contributed by atoms with van der Waals surface area (Å²) in [6, 6.07) is 39.7. The van der Waals surface area contributed by atoms with Crippen molar-refractivity contribution in [3.63, 3.8) is 0 Å². The first-order valence-corrected chi connectivity index (χ1v) is 18.8. The number of benzene rings is 4. The van der Waals surface area contributed by atoms with E-state index in [9.17, 15) is 13.0 Å². The first-order chi connectivity index (χ1) is 20.4. The van der Waals surface area contributed by atoms with E-state index in [0.29, 0.717) is 0 Å². The van der Waals surface area contributed by atoms with E-state index in [1.807, 2.05) is 6.92 Å². The standard InChI is InChI=1S/C30H40P.C7H8O3S/c1-2-3-4-5-6-7-8-9-10-20-27-31(28-21-14-11-15-22-28,29-23-16-12-17-24-29)30-25-18-13-19-26-30;1-6-2-4-7(5-3-6)11(8,9)10/h11-19,21-26H,2-10,20,27H2,1H3;2-5H,1H3,(H,8,9,10)/q+1;/p-1. The topological polar surface area (TPSA) is 57.2 Å². The first-order valence-electron chi connectivity index (χ1n) is 15.5. The minimum Gasteiger partial charge on any atom is -0.744 e. The van der Waals surface area contributed by atoms with Gasteiger partial charge in [-0.05, 0) is 68.3 Å². The molecular formula is C37H47O3PS. The molecule has 0 radical (unpaired) electrons. The lowest BCUT2D eigenvalue weighted by Crippen LogP contribution is -2.33. The van der Waals surface area contributed by atoms with E-state index in [-0.39, 0.29) is 4.90 Å². The van der Waals surface area contributed by atoms with Crippen LogP contribution < -0.4 is 15.9 Å². The van der Waals surface area contributed by atoms with E-state index in [1.165, 1.54) is 98.4 Å². The molecule has 0 aliphatic carbocycles. The molecule has 0 fully saturated rings. The van der Waals surface area contributed by atoms with Crippen LogP contribution in [0.4, 0.5) is 0 Å². The van der Waals surface area contributed by atoms with Gasteiger partial charge in [0.15, 0.2) is 0 Å². The third kappa shape index (κ3) is 10.5. The van der Waals surface area contributed by atoms with Crippen LogP contribution in [0.1, 0.15) is 76.7 Å². The second kappa shape index (κ2) is 18.0.